The highest BCUT2D eigenvalue weighted by Crippen LogP contribution is 2.25. The Hall–Kier alpha value is -0.200. The van der Waals surface area contributed by atoms with Crippen LogP contribution in [0.15, 0.2) is 3.92 Å². The number of aliphatic hydroxyl groups is 1. The molecule has 0 radical (unpaired) electrons. The summed E-state index contributed by atoms with van der Waals surface area (Å²) in [4.78, 5) is 2.02. The molecule has 0 atom stereocenters. The summed E-state index contributed by atoms with van der Waals surface area (Å²) >= 11 is 4.73. The molecule has 0 saturated carbocycles. The van der Waals surface area contributed by atoms with Crippen molar-refractivity contribution in [2.75, 3.05) is 18.1 Å². The van der Waals surface area contributed by atoms with E-state index in [2.05, 4.69) is 40.0 Å². The minimum atomic E-state index is 0.134. The zero-order valence-electron chi connectivity index (χ0n) is 7.57. The van der Waals surface area contributed by atoms with E-state index in [-0.39, 0.29) is 6.61 Å². The SMILES string of the molecule is CC(C)N(CCO)c1nnc(Br)s1. The molecule has 0 fully saturated rings. The predicted molar refractivity (Wildman–Crippen MR) is 57.2 cm³/mol. The Morgan fingerprint density at radius 1 is 1.54 bits per heavy atom. The lowest BCUT2D eigenvalue weighted by Crippen LogP contribution is -2.33. The molecule has 0 amide bonds. The van der Waals surface area contributed by atoms with Crippen LogP contribution in [0, 0.1) is 0 Å². The van der Waals surface area contributed by atoms with Crippen molar-refractivity contribution < 1.29 is 5.11 Å². The van der Waals surface area contributed by atoms with Gasteiger partial charge in [-0.1, -0.05) is 11.3 Å². The maximum Gasteiger partial charge on any atom is 0.209 e. The molecular formula is C7H12BrN3OS. The molecule has 1 aromatic heterocycles. The van der Waals surface area contributed by atoms with Crippen molar-refractivity contribution in [1.82, 2.24) is 10.2 Å². The Balaban J connectivity index is 2.75. The smallest absolute Gasteiger partial charge is 0.209 e. The summed E-state index contributed by atoms with van der Waals surface area (Å²) < 4.78 is 0.770. The molecule has 0 unspecified atom stereocenters. The number of aliphatic hydroxyl groups excluding tert-OH is 1. The first-order valence-corrected chi connectivity index (χ1v) is 5.62. The molecule has 0 aliphatic carbocycles. The summed E-state index contributed by atoms with van der Waals surface area (Å²) in [5.74, 6) is 0. The van der Waals surface area contributed by atoms with Gasteiger partial charge in [-0.2, -0.15) is 0 Å². The molecule has 1 N–H and O–H groups in total. The molecule has 6 heteroatoms. The standard InChI is InChI=1S/C7H12BrN3OS/c1-5(2)11(3-4-12)7-10-9-6(8)13-7/h5,12H,3-4H2,1-2H3. The fourth-order valence-corrected chi connectivity index (χ4v) is 2.24. The van der Waals surface area contributed by atoms with Crippen molar-refractivity contribution >= 4 is 32.4 Å². The van der Waals surface area contributed by atoms with Crippen LogP contribution < -0.4 is 4.90 Å². The summed E-state index contributed by atoms with van der Waals surface area (Å²) in [5, 5.41) is 17.6. The van der Waals surface area contributed by atoms with E-state index in [0.717, 1.165) is 9.05 Å². The number of hydrogen-bond donors (Lipinski definition) is 1. The number of nitrogens with zero attached hydrogens (tertiary/aromatic N) is 3. The van der Waals surface area contributed by atoms with E-state index in [1.54, 1.807) is 0 Å². The van der Waals surface area contributed by atoms with Gasteiger partial charge in [0.15, 0.2) is 3.92 Å². The molecule has 1 heterocycles. The maximum atomic E-state index is 8.86. The van der Waals surface area contributed by atoms with Gasteiger partial charge in [0.1, 0.15) is 0 Å². The second-order valence-electron chi connectivity index (χ2n) is 2.85. The van der Waals surface area contributed by atoms with Gasteiger partial charge in [0.25, 0.3) is 0 Å². The minimum absolute atomic E-state index is 0.134. The van der Waals surface area contributed by atoms with Crippen molar-refractivity contribution in [3.05, 3.63) is 3.92 Å². The fourth-order valence-electron chi connectivity index (χ4n) is 0.997. The molecule has 0 saturated heterocycles. The van der Waals surface area contributed by atoms with E-state index in [1.165, 1.54) is 11.3 Å². The quantitative estimate of drug-likeness (QED) is 0.897. The summed E-state index contributed by atoms with van der Waals surface area (Å²) in [6.45, 7) is 4.85. The van der Waals surface area contributed by atoms with Crippen molar-refractivity contribution in [2.24, 2.45) is 0 Å². The first-order chi connectivity index (χ1) is 6.15. The molecule has 0 aliphatic rings. The van der Waals surface area contributed by atoms with Crippen LogP contribution in [-0.4, -0.2) is 34.5 Å². The molecule has 13 heavy (non-hydrogen) atoms. The van der Waals surface area contributed by atoms with Gasteiger partial charge < -0.3 is 10.0 Å². The Morgan fingerprint density at radius 2 is 2.23 bits per heavy atom. The summed E-state index contributed by atoms with van der Waals surface area (Å²) in [6.07, 6.45) is 0. The first-order valence-electron chi connectivity index (χ1n) is 4.01. The van der Waals surface area contributed by atoms with Crippen LogP contribution in [0.5, 0.6) is 0 Å². The van der Waals surface area contributed by atoms with Gasteiger partial charge in [-0.25, -0.2) is 0 Å². The Bertz CT molecular complexity index is 266. The maximum absolute atomic E-state index is 8.86. The van der Waals surface area contributed by atoms with Gasteiger partial charge in [-0.3, -0.25) is 0 Å². The number of rotatable bonds is 4. The van der Waals surface area contributed by atoms with Crippen LogP contribution in [0.1, 0.15) is 13.8 Å². The Kier molecular flexibility index (Phi) is 4.08. The highest BCUT2D eigenvalue weighted by atomic mass is 79.9. The number of hydrogen-bond acceptors (Lipinski definition) is 5. The van der Waals surface area contributed by atoms with Crippen LogP contribution in [-0.2, 0) is 0 Å². The Morgan fingerprint density at radius 3 is 2.62 bits per heavy atom. The minimum Gasteiger partial charge on any atom is -0.395 e. The van der Waals surface area contributed by atoms with Gasteiger partial charge in [-0.05, 0) is 29.8 Å². The molecular weight excluding hydrogens is 254 g/mol. The fraction of sp³-hybridized carbons (Fsp3) is 0.714. The van der Waals surface area contributed by atoms with Crippen molar-refractivity contribution in [1.29, 1.82) is 0 Å². The lowest BCUT2D eigenvalue weighted by molar-refractivity contribution is 0.299. The number of aromatic nitrogens is 2. The van der Waals surface area contributed by atoms with E-state index in [0.29, 0.717) is 12.6 Å². The topological polar surface area (TPSA) is 49.2 Å². The molecule has 0 spiro atoms. The second kappa shape index (κ2) is 4.88. The molecule has 0 aliphatic heterocycles. The lowest BCUT2D eigenvalue weighted by Gasteiger charge is -2.24. The monoisotopic (exact) mass is 265 g/mol. The zero-order chi connectivity index (χ0) is 9.84. The molecule has 1 rings (SSSR count). The van der Waals surface area contributed by atoms with Crippen molar-refractivity contribution in [2.45, 2.75) is 19.9 Å². The largest absolute Gasteiger partial charge is 0.395 e. The summed E-state index contributed by atoms with van der Waals surface area (Å²) in [6, 6.07) is 0.326. The normalized spacial score (nSPS) is 10.8. The van der Waals surface area contributed by atoms with E-state index >= 15 is 0 Å². The average molecular weight is 266 g/mol. The van der Waals surface area contributed by atoms with Crippen molar-refractivity contribution in [3.8, 4) is 0 Å². The third-order valence-corrected chi connectivity index (χ3v) is 2.99. The molecule has 4 nitrogen and oxygen atoms in total. The average Bonchev–Trinajstić information content (AvgIpc) is 2.46. The second-order valence-corrected chi connectivity index (χ2v) is 5.08. The lowest BCUT2D eigenvalue weighted by atomic mass is 10.3. The highest BCUT2D eigenvalue weighted by molar-refractivity contribution is 9.11. The zero-order valence-corrected chi connectivity index (χ0v) is 9.97. The van der Waals surface area contributed by atoms with Crippen LogP contribution >= 0.6 is 27.3 Å². The molecule has 0 aromatic carbocycles. The van der Waals surface area contributed by atoms with E-state index < -0.39 is 0 Å². The third-order valence-electron chi connectivity index (χ3n) is 1.60. The van der Waals surface area contributed by atoms with Crippen molar-refractivity contribution in [3.63, 3.8) is 0 Å². The molecule has 1 aromatic rings. The van der Waals surface area contributed by atoms with Crippen LogP contribution in [0.25, 0.3) is 0 Å². The summed E-state index contributed by atoms with van der Waals surface area (Å²) in [7, 11) is 0. The van der Waals surface area contributed by atoms with Crippen LogP contribution in [0.2, 0.25) is 0 Å². The van der Waals surface area contributed by atoms with Crippen LogP contribution in [0.4, 0.5) is 5.13 Å². The first kappa shape index (κ1) is 10.9. The number of halogens is 1. The Labute approximate surface area is 89.7 Å². The van der Waals surface area contributed by atoms with E-state index in [1.807, 2.05) is 4.90 Å². The molecule has 74 valence electrons. The van der Waals surface area contributed by atoms with Crippen LogP contribution in [0.3, 0.4) is 0 Å². The number of anilines is 1. The van der Waals surface area contributed by atoms with Gasteiger partial charge in [0.05, 0.1) is 6.61 Å². The third kappa shape index (κ3) is 2.89. The molecule has 0 bridgehead atoms. The van der Waals surface area contributed by atoms with Gasteiger partial charge >= 0.3 is 0 Å². The highest BCUT2D eigenvalue weighted by Gasteiger charge is 2.13. The van der Waals surface area contributed by atoms with Gasteiger partial charge in [0, 0.05) is 12.6 Å². The van der Waals surface area contributed by atoms with E-state index in [9.17, 15) is 0 Å². The van der Waals surface area contributed by atoms with Gasteiger partial charge in [-0.15, -0.1) is 10.2 Å². The van der Waals surface area contributed by atoms with Gasteiger partial charge in [0.2, 0.25) is 5.13 Å². The summed E-state index contributed by atoms with van der Waals surface area (Å²) in [5.41, 5.74) is 0. The van der Waals surface area contributed by atoms with E-state index in [4.69, 9.17) is 5.11 Å². The predicted octanol–water partition coefficient (Wildman–Crippen LogP) is 1.51.